The van der Waals surface area contributed by atoms with Crippen LogP contribution in [-0.4, -0.2) is 71.0 Å². The number of carbonyl (C=O) groups is 2. The smallest absolute Gasteiger partial charge is 0.337 e. The Morgan fingerprint density at radius 3 is 2.11 bits per heavy atom. The van der Waals surface area contributed by atoms with Crippen LogP contribution in [0.25, 0.3) is 0 Å². The van der Waals surface area contributed by atoms with Crippen molar-refractivity contribution in [1.82, 2.24) is 4.31 Å². The molecule has 3 rings (SSSR count). The van der Waals surface area contributed by atoms with E-state index in [4.69, 9.17) is 9.47 Å². The molecule has 1 atom stereocenters. The molecule has 1 aromatic rings. The molecular weight excluding hydrogens is 390 g/mol. The van der Waals surface area contributed by atoms with Crippen molar-refractivity contribution in [1.29, 1.82) is 0 Å². The standard InChI is InChI=1S/C18H23NO8S/c1-24-16(20)12-9-13(17(21)25-2)11-14(10-12)28(22,23)19-6-4-3-5-15(19)18-26-7-8-27-18/h9-11,15,18H,3-8H2,1-2H3. The first-order chi connectivity index (χ1) is 13.4. The minimum atomic E-state index is -4.02. The zero-order chi connectivity index (χ0) is 20.3. The minimum Gasteiger partial charge on any atom is -0.465 e. The predicted octanol–water partition coefficient (Wildman–Crippen LogP) is 1.18. The van der Waals surface area contributed by atoms with Gasteiger partial charge in [0.05, 0.1) is 49.5 Å². The summed E-state index contributed by atoms with van der Waals surface area (Å²) < 4.78 is 48.6. The first kappa shape index (κ1) is 20.7. The quantitative estimate of drug-likeness (QED) is 0.662. The summed E-state index contributed by atoms with van der Waals surface area (Å²) in [6.45, 7) is 1.13. The summed E-state index contributed by atoms with van der Waals surface area (Å²) in [5.74, 6) is -1.50. The third-order valence-corrected chi connectivity index (χ3v) is 6.72. The maximum absolute atomic E-state index is 13.4. The second-order valence-corrected chi connectivity index (χ2v) is 8.41. The van der Waals surface area contributed by atoms with Crippen LogP contribution in [0.2, 0.25) is 0 Å². The molecule has 2 fully saturated rings. The third-order valence-electron chi connectivity index (χ3n) is 4.82. The van der Waals surface area contributed by atoms with Crippen LogP contribution in [0.5, 0.6) is 0 Å². The lowest BCUT2D eigenvalue weighted by molar-refractivity contribution is -0.0913. The van der Waals surface area contributed by atoms with E-state index in [9.17, 15) is 18.0 Å². The van der Waals surface area contributed by atoms with Gasteiger partial charge in [0.2, 0.25) is 10.0 Å². The Labute approximate surface area is 163 Å². The number of ether oxygens (including phenoxy) is 4. The summed E-state index contributed by atoms with van der Waals surface area (Å²) in [5, 5.41) is 0. The van der Waals surface area contributed by atoms with Crippen LogP contribution in [0, 0.1) is 0 Å². The highest BCUT2D eigenvalue weighted by molar-refractivity contribution is 7.89. The number of rotatable bonds is 5. The van der Waals surface area contributed by atoms with Crippen LogP contribution in [-0.2, 0) is 29.0 Å². The number of carbonyl (C=O) groups excluding carboxylic acids is 2. The van der Waals surface area contributed by atoms with Gasteiger partial charge in [-0.1, -0.05) is 6.42 Å². The van der Waals surface area contributed by atoms with E-state index in [-0.39, 0.29) is 16.0 Å². The third kappa shape index (κ3) is 4.04. The molecule has 0 amide bonds. The second-order valence-electron chi connectivity index (χ2n) is 6.52. The van der Waals surface area contributed by atoms with Crippen molar-refractivity contribution >= 4 is 22.0 Å². The van der Waals surface area contributed by atoms with E-state index in [0.29, 0.717) is 32.6 Å². The average molecular weight is 413 g/mol. The van der Waals surface area contributed by atoms with Crippen molar-refractivity contribution in [3.05, 3.63) is 29.3 Å². The Morgan fingerprint density at radius 2 is 1.57 bits per heavy atom. The van der Waals surface area contributed by atoms with E-state index >= 15 is 0 Å². The van der Waals surface area contributed by atoms with Gasteiger partial charge in [0.15, 0.2) is 6.29 Å². The maximum atomic E-state index is 13.4. The molecule has 0 N–H and O–H groups in total. The van der Waals surface area contributed by atoms with E-state index in [1.807, 2.05) is 0 Å². The van der Waals surface area contributed by atoms with Gasteiger partial charge in [-0.05, 0) is 31.0 Å². The predicted molar refractivity (Wildman–Crippen MR) is 96.3 cm³/mol. The van der Waals surface area contributed by atoms with Crippen molar-refractivity contribution < 1.29 is 37.0 Å². The molecule has 2 saturated heterocycles. The van der Waals surface area contributed by atoms with Gasteiger partial charge in [0.25, 0.3) is 0 Å². The topological polar surface area (TPSA) is 108 Å². The van der Waals surface area contributed by atoms with Crippen LogP contribution >= 0.6 is 0 Å². The van der Waals surface area contributed by atoms with Gasteiger partial charge < -0.3 is 18.9 Å². The molecule has 0 aromatic heterocycles. The molecule has 0 saturated carbocycles. The van der Waals surface area contributed by atoms with Crippen LogP contribution in [0.3, 0.4) is 0 Å². The Morgan fingerprint density at radius 1 is 1.00 bits per heavy atom. The highest BCUT2D eigenvalue weighted by Crippen LogP contribution is 2.31. The molecule has 1 unspecified atom stereocenters. The SMILES string of the molecule is COC(=O)c1cc(C(=O)OC)cc(S(=O)(=O)N2CCCCC2C2OCCO2)c1. The van der Waals surface area contributed by atoms with Gasteiger partial charge in [0.1, 0.15) is 0 Å². The fourth-order valence-corrected chi connectivity index (χ4v) is 5.21. The molecule has 1 aromatic carbocycles. The molecule has 0 bridgehead atoms. The first-order valence-corrected chi connectivity index (χ1v) is 10.4. The van der Waals surface area contributed by atoms with Gasteiger partial charge in [-0.15, -0.1) is 0 Å². The Kier molecular flexibility index (Phi) is 6.33. The van der Waals surface area contributed by atoms with Crippen LogP contribution in [0.15, 0.2) is 23.1 Å². The van der Waals surface area contributed by atoms with E-state index in [1.165, 1.54) is 36.7 Å². The highest BCUT2D eigenvalue weighted by Gasteiger charge is 2.41. The van der Waals surface area contributed by atoms with Crippen molar-refractivity contribution in [2.24, 2.45) is 0 Å². The summed E-state index contributed by atoms with van der Waals surface area (Å²) in [4.78, 5) is 23.8. The molecule has 154 valence electrons. The zero-order valence-corrected chi connectivity index (χ0v) is 16.6. The molecule has 2 heterocycles. The Hall–Kier alpha value is -2.01. The molecule has 2 aliphatic heterocycles. The van der Waals surface area contributed by atoms with E-state index in [0.717, 1.165) is 6.42 Å². The molecule has 0 radical (unpaired) electrons. The number of methoxy groups -OCH3 is 2. The molecule has 0 aliphatic carbocycles. The number of esters is 2. The number of nitrogens with zero attached hydrogens (tertiary/aromatic N) is 1. The van der Waals surface area contributed by atoms with Gasteiger partial charge in [0, 0.05) is 6.54 Å². The van der Waals surface area contributed by atoms with Gasteiger partial charge in [-0.2, -0.15) is 4.31 Å². The largest absolute Gasteiger partial charge is 0.465 e. The van der Waals surface area contributed by atoms with Crippen LogP contribution in [0.1, 0.15) is 40.0 Å². The summed E-state index contributed by atoms with van der Waals surface area (Å²) in [6, 6.07) is 3.18. The normalized spacial score (nSPS) is 21.4. The van der Waals surface area contributed by atoms with Crippen molar-refractivity contribution in [2.75, 3.05) is 34.0 Å². The Balaban J connectivity index is 2.03. The van der Waals surface area contributed by atoms with Crippen molar-refractivity contribution in [3.63, 3.8) is 0 Å². The molecular formula is C18H23NO8S. The summed E-state index contributed by atoms with van der Waals surface area (Å²) >= 11 is 0. The Bertz CT molecular complexity index is 813. The summed E-state index contributed by atoms with van der Waals surface area (Å²) in [7, 11) is -1.66. The highest BCUT2D eigenvalue weighted by atomic mass is 32.2. The van der Waals surface area contributed by atoms with E-state index in [1.54, 1.807) is 0 Å². The van der Waals surface area contributed by atoms with Gasteiger partial charge in [-0.25, -0.2) is 18.0 Å². The fourth-order valence-electron chi connectivity index (χ4n) is 3.45. The number of sulfonamides is 1. The average Bonchev–Trinajstić information content (AvgIpc) is 3.27. The maximum Gasteiger partial charge on any atom is 0.337 e. The molecule has 9 nitrogen and oxygen atoms in total. The van der Waals surface area contributed by atoms with Crippen molar-refractivity contribution in [3.8, 4) is 0 Å². The molecule has 10 heteroatoms. The molecule has 0 spiro atoms. The van der Waals surface area contributed by atoms with Crippen LogP contribution in [0.4, 0.5) is 0 Å². The number of benzene rings is 1. The van der Waals surface area contributed by atoms with Crippen molar-refractivity contribution in [2.45, 2.75) is 36.5 Å². The van der Waals surface area contributed by atoms with E-state index in [2.05, 4.69) is 9.47 Å². The molecule has 2 aliphatic rings. The number of hydrogen-bond acceptors (Lipinski definition) is 8. The van der Waals surface area contributed by atoms with Gasteiger partial charge >= 0.3 is 11.9 Å². The first-order valence-electron chi connectivity index (χ1n) is 8.95. The van der Waals surface area contributed by atoms with E-state index < -0.39 is 34.3 Å². The second kappa shape index (κ2) is 8.56. The monoisotopic (exact) mass is 413 g/mol. The summed E-state index contributed by atoms with van der Waals surface area (Å²) in [5.41, 5.74) is -0.100. The number of hydrogen-bond donors (Lipinski definition) is 0. The zero-order valence-electron chi connectivity index (χ0n) is 15.8. The van der Waals surface area contributed by atoms with Crippen LogP contribution < -0.4 is 0 Å². The lowest BCUT2D eigenvalue weighted by Crippen LogP contribution is -2.50. The lowest BCUT2D eigenvalue weighted by atomic mass is 10.0. The minimum absolute atomic E-state index is 0.0501. The van der Waals surface area contributed by atoms with Gasteiger partial charge in [-0.3, -0.25) is 0 Å². The number of piperidine rings is 1. The lowest BCUT2D eigenvalue weighted by Gasteiger charge is -2.36. The summed E-state index contributed by atoms with van der Waals surface area (Å²) in [6.07, 6.45) is 1.53. The fraction of sp³-hybridized carbons (Fsp3) is 0.556. The molecule has 28 heavy (non-hydrogen) atoms.